The van der Waals surface area contributed by atoms with E-state index in [2.05, 4.69) is 27.2 Å². The Kier molecular flexibility index (Phi) is 3.33. The normalized spacial score (nSPS) is 12.4. The van der Waals surface area contributed by atoms with Gasteiger partial charge in [0.2, 0.25) is 5.95 Å². The average molecular weight is 264 g/mol. The number of aromatic nitrogens is 3. The Labute approximate surface area is 109 Å². The van der Waals surface area contributed by atoms with Gasteiger partial charge in [0.05, 0.1) is 16.7 Å². The van der Waals surface area contributed by atoms with Crippen LogP contribution in [0.15, 0.2) is 6.07 Å². The number of nitrogens with one attached hydrogen (secondary N) is 1. The molecular weight excluding hydrogens is 248 g/mol. The predicted octanol–water partition coefficient (Wildman–Crippen LogP) is 1.89. The van der Waals surface area contributed by atoms with Gasteiger partial charge in [-0.3, -0.25) is 0 Å². The molecule has 0 saturated carbocycles. The monoisotopic (exact) mass is 264 g/mol. The van der Waals surface area contributed by atoms with Crippen molar-refractivity contribution in [1.29, 1.82) is 0 Å². The molecule has 6 nitrogen and oxygen atoms in total. The van der Waals surface area contributed by atoms with Gasteiger partial charge in [-0.05, 0) is 20.8 Å². The SMILES string of the molecule is Cc1nc(C)c(C(C)Nc2cc(N)nc(N)n2)s1. The molecule has 7 heteroatoms. The zero-order chi connectivity index (χ0) is 13.3. The molecule has 0 fully saturated rings. The van der Waals surface area contributed by atoms with Crippen molar-refractivity contribution in [3.63, 3.8) is 0 Å². The third-order valence-corrected chi connectivity index (χ3v) is 3.72. The van der Waals surface area contributed by atoms with Crippen LogP contribution in [-0.4, -0.2) is 15.0 Å². The standard InChI is InChI=1S/C11H16N6S/c1-5-10(18-7(3)14-5)6(2)15-9-4-8(12)16-11(13)17-9/h4,6H,1-3H3,(H5,12,13,15,16,17). The molecular formula is C11H16N6S. The van der Waals surface area contributed by atoms with Gasteiger partial charge in [0, 0.05) is 10.9 Å². The molecule has 2 aromatic rings. The van der Waals surface area contributed by atoms with E-state index >= 15 is 0 Å². The molecule has 0 aliphatic carbocycles. The predicted molar refractivity (Wildman–Crippen MR) is 74.5 cm³/mol. The zero-order valence-corrected chi connectivity index (χ0v) is 11.4. The van der Waals surface area contributed by atoms with E-state index < -0.39 is 0 Å². The number of nitrogens with zero attached hydrogens (tertiary/aromatic N) is 3. The lowest BCUT2D eigenvalue weighted by atomic mass is 10.2. The highest BCUT2D eigenvalue weighted by Crippen LogP contribution is 2.27. The summed E-state index contributed by atoms with van der Waals surface area (Å²) in [5, 5.41) is 4.31. The van der Waals surface area contributed by atoms with Gasteiger partial charge in [-0.15, -0.1) is 11.3 Å². The van der Waals surface area contributed by atoms with Gasteiger partial charge < -0.3 is 16.8 Å². The molecule has 2 heterocycles. The fraction of sp³-hybridized carbons (Fsp3) is 0.364. The van der Waals surface area contributed by atoms with E-state index in [-0.39, 0.29) is 12.0 Å². The molecule has 1 unspecified atom stereocenters. The molecule has 0 radical (unpaired) electrons. The lowest BCUT2D eigenvalue weighted by molar-refractivity contribution is 0.879. The molecule has 5 N–H and O–H groups in total. The van der Waals surface area contributed by atoms with E-state index in [1.807, 2.05) is 13.8 Å². The highest BCUT2D eigenvalue weighted by atomic mass is 32.1. The molecule has 96 valence electrons. The lowest BCUT2D eigenvalue weighted by Crippen LogP contribution is -2.10. The maximum Gasteiger partial charge on any atom is 0.223 e. The van der Waals surface area contributed by atoms with Gasteiger partial charge >= 0.3 is 0 Å². The number of nitrogen functional groups attached to an aromatic ring is 2. The van der Waals surface area contributed by atoms with E-state index in [0.717, 1.165) is 10.7 Å². The molecule has 2 rings (SSSR count). The number of hydrogen-bond donors (Lipinski definition) is 3. The Morgan fingerprint density at radius 2 is 1.94 bits per heavy atom. The van der Waals surface area contributed by atoms with Crippen LogP contribution in [-0.2, 0) is 0 Å². The highest BCUT2D eigenvalue weighted by Gasteiger charge is 2.13. The minimum absolute atomic E-state index is 0.102. The largest absolute Gasteiger partial charge is 0.383 e. The first-order valence-electron chi connectivity index (χ1n) is 5.56. The third-order valence-electron chi connectivity index (χ3n) is 2.46. The molecule has 0 amide bonds. The summed E-state index contributed by atoms with van der Waals surface area (Å²) in [6.07, 6.45) is 0. The van der Waals surface area contributed by atoms with Crippen molar-refractivity contribution in [2.24, 2.45) is 0 Å². The third kappa shape index (κ3) is 2.67. The molecule has 0 spiro atoms. The van der Waals surface area contributed by atoms with Crippen LogP contribution in [0, 0.1) is 13.8 Å². The zero-order valence-electron chi connectivity index (χ0n) is 10.6. The second-order valence-electron chi connectivity index (χ2n) is 4.08. The van der Waals surface area contributed by atoms with E-state index in [1.54, 1.807) is 17.4 Å². The number of anilines is 3. The number of aryl methyl sites for hydroxylation is 2. The average Bonchev–Trinajstić information content (AvgIpc) is 2.56. The summed E-state index contributed by atoms with van der Waals surface area (Å²) >= 11 is 1.67. The molecule has 18 heavy (non-hydrogen) atoms. The van der Waals surface area contributed by atoms with Crippen molar-refractivity contribution >= 4 is 28.9 Å². The first-order chi connectivity index (χ1) is 8.45. The maximum atomic E-state index is 5.63. The molecule has 2 aromatic heterocycles. The number of hydrogen-bond acceptors (Lipinski definition) is 7. The Morgan fingerprint density at radius 1 is 1.22 bits per heavy atom. The highest BCUT2D eigenvalue weighted by molar-refractivity contribution is 7.11. The van der Waals surface area contributed by atoms with Crippen molar-refractivity contribution in [1.82, 2.24) is 15.0 Å². The fourth-order valence-corrected chi connectivity index (χ4v) is 2.73. The van der Waals surface area contributed by atoms with Crippen molar-refractivity contribution < 1.29 is 0 Å². The van der Waals surface area contributed by atoms with Crippen molar-refractivity contribution in [2.75, 3.05) is 16.8 Å². The molecule has 0 aromatic carbocycles. The Hall–Kier alpha value is -1.89. The van der Waals surface area contributed by atoms with Crippen molar-refractivity contribution in [3.05, 3.63) is 21.6 Å². The van der Waals surface area contributed by atoms with E-state index in [9.17, 15) is 0 Å². The fourth-order valence-electron chi connectivity index (χ4n) is 1.80. The summed E-state index contributed by atoms with van der Waals surface area (Å²) in [6.45, 7) is 6.04. The summed E-state index contributed by atoms with van der Waals surface area (Å²) in [4.78, 5) is 13.5. The number of rotatable bonds is 3. The number of thiazole rings is 1. The minimum Gasteiger partial charge on any atom is -0.383 e. The summed E-state index contributed by atoms with van der Waals surface area (Å²) in [6, 6.07) is 1.76. The van der Waals surface area contributed by atoms with Gasteiger partial charge in [0.1, 0.15) is 11.6 Å². The quantitative estimate of drug-likeness (QED) is 0.782. The second-order valence-corrected chi connectivity index (χ2v) is 5.32. The summed E-state index contributed by atoms with van der Waals surface area (Å²) in [7, 11) is 0. The van der Waals surface area contributed by atoms with Crippen LogP contribution in [0.4, 0.5) is 17.6 Å². The van der Waals surface area contributed by atoms with Crippen LogP contribution >= 0.6 is 11.3 Å². The van der Waals surface area contributed by atoms with E-state index in [4.69, 9.17) is 11.5 Å². The smallest absolute Gasteiger partial charge is 0.223 e. The van der Waals surface area contributed by atoms with Gasteiger partial charge in [0.15, 0.2) is 0 Å². The summed E-state index contributed by atoms with van der Waals surface area (Å²) in [5.41, 5.74) is 12.2. The van der Waals surface area contributed by atoms with Crippen LogP contribution in [0.25, 0.3) is 0 Å². The Balaban J connectivity index is 2.20. The van der Waals surface area contributed by atoms with Gasteiger partial charge in [0.25, 0.3) is 0 Å². The first kappa shape index (κ1) is 12.6. The lowest BCUT2D eigenvalue weighted by Gasteiger charge is -2.13. The van der Waals surface area contributed by atoms with Gasteiger partial charge in [-0.2, -0.15) is 9.97 Å². The molecule has 0 bridgehead atoms. The van der Waals surface area contributed by atoms with Crippen molar-refractivity contribution in [3.8, 4) is 0 Å². The summed E-state index contributed by atoms with van der Waals surface area (Å²) < 4.78 is 0. The first-order valence-corrected chi connectivity index (χ1v) is 6.38. The van der Waals surface area contributed by atoms with Crippen LogP contribution in [0.5, 0.6) is 0 Å². The van der Waals surface area contributed by atoms with Gasteiger partial charge in [-0.1, -0.05) is 0 Å². The van der Waals surface area contributed by atoms with Crippen LogP contribution in [0.2, 0.25) is 0 Å². The van der Waals surface area contributed by atoms with Crippen LogP contribution in [0.3, 0.4) is 0 Å². The van der Waals surface area contributed by atoms with E-state index in [0.29, 0.717) is 11.6 Å². The molecule has 0 saturated heterocycles. The number of nitrogens with two attached hydrogens (primary N) is 2. The maximum absolute atomic E-state index is 5.63. The molecule has 0 aliphatic rings. The topological polar surface area (TPSA) is 103 Å². The van der Waals surface area contributed by atoms with Crippen LogP contribution in [0.1, 0.15) is 28.5 Å². The van der Waals surface area contributed by atoms with Gasteiger partial charge in [-0.25, -0.2) is 4.98 Å². The second kappa shape index (κ2) is 4.77. The summed E-state index contributed by atoms with van der Waals surface area (Å²) in [5.74, 6) is 1.15. The Morgan fingerprint density at radius 3 is 2.50 bits per heavy atom. The van der Waals surface area contributed by atoms with Crippen LogP contribution < -0.4 is 16.8 Å². The minimum atomic E-state index is 0.102. The van der Waals surface area contributed by atoms with Crippen molar-refractivity contribution in [2.45, 2.75) is 26.8 Å². The van der Waals surface area contributed by atoms with E-state index in [1.165, 1.54) is 4.88 Å². The molecule has 0 aliphatic heterocycles. The Bertz CT molecular complexity index is 544. The molecule has 1 atom stereocenters.